The van der Waals surface area contributed by atoms with Crippen molar-refractivity contribution in [1.29, 1.82) is 0 Å². The highest BCUT2D eigenvalue weighted by Gasteiger charge is 2.22. The summed E-state index contributed by atoms with van der Waals surface area (Å²) in [4.78, 5) is 37.4. The smallest absolute Gasteiger partial charge is 0.306 e. The van der Waals surface area contributed by atoms with Gasteiger partial charge < -0.3 is 33.3 Å². The van der Waals surface area contributed by atoms with Gasteiger partial charge in [-0.15, -0.1) is 0 Å². The minimum Gasteiger partial charge on any atom is -0.545 e. The molecule has 0 aliphatic heterocycles. The third-order valence-corrected chi connectivity index (χ3v) is 14.5. The highest BCUT2D eigenvalue weighted by atomic mass is 16.7. The molecule has 83 heavy (non-hydrogen) atoms. The number of rotatable bonds is 62. The van der Waals surface area contributed by atoms with Crippen LogP contribution < -0.4 is 5.11 Å². The lowest BCUT2D eigenvalue weighted by Gasteiger charge is -2.26. The van der Waals surface area contributed by atoms with E-state index in [-0.39, 0.29) is 32.2 Å². The fourth-order valence-electron chi connectivity index (χ4n) is 9.35. The fourth-order valence-corrected chi connectivity index (χ4v) is 9.35. The quantitative estimate of drug-likeness (QED) is 0.0195. The summed E-state index contributed by atoms with van der Waals surface area (Å²) in [5, 5.41) is 11.8. The standard InChI is InChI=1S/C74H127NO8/c1-6-8-10-12-14-16-18-20-22-24-26-28-29-30-31-32-33-34-35-36-37-38-39-40-41-42-43-45-47-49-51-53-55-57-59-61-63-65-72(77)83-70(69-82-74(73(78)79)80-67-66-75(3,4)5)68-81-71(76)64-62-60-58-56-54-52-50-48-46-44-27-25-23-21-19-17-15-13-11-9-7-2/h8,10,14,16,20,22,26,28,30-31,33-34,36-37,39-40,42-43,70,74H,6-7,9,11-13,15,17-19,21,23-25,27,29,32,35,38,41,44-69H2,1-5H3/b10-8-,16-14-,22-20-,28-26-,31-30-,34-33-,37-36-,40-39-,43-42-. The van der Waals surface area contributed by atoms with Crippen molar-refractivity contribution in [2.75, 3.05) is 47.5 Å². The molecule has 9 heteroatoms. The lowest BCUT2D eigenvalue weighted by molar-refractivity contribution is -0.870. The molecule has 0 saturated carbocycles. The Bertz CT molecular complexity index is 1730. The summed E-state index contributed by atoms with van der Waals surface area (Å²) in [6.45, 7) is 4.65. The average molecular weight is 1160 g/mol. The molecule has 0 rings (SSSR count). The Labute approximate surface area is 511 Å². The number of carboxylic acids is 1. The second-order valence-electron chi connectivity index (χ2n) is 23.7. The molecule has 0 aliphatic rings. The van der Waals surface area contributed by atoms with Gasteiger partial charge in [0.05, 0.1) is 40.3 Å². The minimum absolute atomic E-state index is 0.143. The predicted molar refractivity (Wildman–Crippen MR) is 352 cm³/mol. The number of esters is 2. The van der Waals surface area contributed by atoms with Crippen molar-refractivity contribution in [1.82, 2.24) is 0 Å². The molecule has 0 fully saturated rings. The van der Waals surface area contributed by atoms with Crippen molar-refractivity contribution >= 4 is 17.9 Å². The first-order valence-corrected chi connectivity index (χ1v) is 34.0. The zero-order chi connectivity index (χ0) is 60.5. The molecule has 2 atom stereocenters. The second-order valence-corrected chi connectivity index (χ2v) is 23.7. The Morgan fingerprint density at radius 3 is 1.02 bits per heavy atom. The van der Waals surface area contributed by atoms with Gasteiger partial charge in [0.1, 0.15) is 13.2 Å². The normalized spacial score (nSPS) is 13.4. The first kappa shape index (κ1) is 79.0. The van der Waals surface area contributed by atoms with Gasteiger partial charge in [0, 0.05) is 12.8 Å². The maximum Gasteiger partial charge on any atom is 0.306 e. The Morgan fingerprint density at radius 1 is 0.373 bits per heavy atom. The van der Waals surface area contributed by atoms with Crippen molar-refractivity contribution in [2.45, 2.75) is 296 Å². The zero-order valence-corrected chi connectivity index (χ0v) is 54.3. The predicted octanol–water partition coefficient (Wildman–Crippen LogP) is 19.7. The molecular formula is C74H127NO8. The summed E-state index contributed by atoms with van der Waals surface area (Å²) >= 11 is 0. The lowest BCUT2D eigenvalue weighted by Crippen LogP contribution is -2.44. The van der Waals surface area contributed by atoms with E-state index in [1.165, 1.54) is 148 Å². The van der Waals surface area contributed by atoms with Gasteiger partial charge in [-0.1, -0.05) is 297 Å². The van der Waals surface area contributed by atoms with Gasteiger partial charge in [-0.25, -0.2) is 0 Å². The van der Waals surface area contributed by atoms with Crippen molar-refractivity contribution < 1.29 is 42.9 Å². The van der Waals surface area contributed by atoms with Crippen LogP contribution in [0.3, 0.4) is 0 Å². The summed E-state index contributed by atoms with van der Waals surface area (Å²) in [6, 6.07) is 0. The van der Waals surface area contributed by atoms with Crippen LogP contribution in [0.15, 0.2) is 109 Å². The largest absolute Gasteiger partial charge is 0.545 e. The van der Waals surface area contributed by atoms with Gasteiger partial charge in [-0.05, 0) is 83.5 Å². The molecule has 0 radical (unpaired) electrons. The number of hydrogen-bond donors (Lipinski definition) is 0. The topological polar surface area (TPSA) is 111 Å². The number of carboxylic acid groups (broad SMARTS) is 1. The molecule has 0 aromatic rings. The van der Waals surface area contributed by atoms with Crippen LogP contribution in [-0.2, 0) is 33.3 Å². The average Bonchev–Trinajstić information content (AvgIpc) is 3.46. The summed E-state index contributed by atoms with van der Waals surface area (Å²) in [6.07, 6.45) is 85.8. The first-order chi connectivity index (χ1) is 40.6. The Hall–Kier alpha value is -4.05. The summed E-state index contributed by atoms with van der Waals surface area (Å²) in [5.41, 5.74) is 0. The third-order valence-electron chi connectivity index (χ3n) is 14.5. The van der Waals surface area contributed by atoms with Crippen LogP contribution in [0.4, 0.5) is 0 Å². The minimum atomic E-state index is -1.63. The number of aliphatic carboxylic acids is 1. The van der Waals surface area contributed by atoms with Gasteiger partial charge in [0.15, 0.2) is 12.4 Å². The molecule has 0 amide bonds. The van der Waals surface area contributed by atoms with Crippen LogP contribution in [0.1, 0.15) is 284 Å². The SMILES string of the molecule is CC/C=C\C/C=C\C/C=C\C/C=C\C/C=C\C/C=C\C/C=C\C/C=C\C/C=C\CCCCCCCCCCCC(=O)OC(COC(=O)CCCCCCCCCCCCCCCCCCCCCCC)COC(OCC[N+](C)(C)C)C(=O)[O-]. The van der Waals surface area contributed by atoms with Gasteiger partial charge in [0.25, 0.3) is 0 Å². The monoisotopic (exact) mass is 1160 g/mol. The Balaban J connectivity index is 4.17. The number of unbranched alkanes of at least 4 members (excludes halogenated alkanes) is 29. The van der Waals surface area contributed by atoms with Crippen LogP contribution in [0.2, 0.25) is 0 Å². The van der Waals surface area contributed by atoms with E-state index in [9.17, 15) is 19.5 Å². The van der Waals surface area contributed by atoms with Crippen LogP contribution >= 0.6 is 0 Å². The van der Waals surface area contributed by atoms with E-state index in [1.54, 1.807) is 0 Å². The van der Waals surface area contributed by atoms with Crippen molar-refractivity contribution in [3.63, 3.8) is 0 Å². The summed E-state index contributed by atoms with van der Waals surface area (Å²) in [5.74, 6) is -2.28. The van der Waals surface area contributed by atoms with Crippen LogP contribution in [0.25, 0.3) is 0 Å². The van der Waals surface area contributed by atoms with Gasteiger partial charge in [-0.2, -0.15) is 0 Å². The molecule has 0 bridgehead atoms. The molecule has 2 unspecified atom stereocenters. The Morgan fingerprint density at radius 2 is 0.687 bits per heavy atom. The highest BCUT2D eigenvalue weighted by molar-refractivity contribution is 5.70. The molecule has 0 heterocycles. The number of ether oxygens (including phenoxy) is 4. The number of nitrogens with zero attached hydrogens (tertiary/aromatic N) is 1. The van der Waals surface area contributed by atoms with Gasteiger partial charge in [-0.3, -0.25) is 9.59 Å². The van der Waals surface area contributed by atoms with E-state index in [1.807, 2.05) is 21.1 Å². The molecule has 0 N–H and O–H groups in total. The second kappa shape index (κ2) is 64.0. The molecule has 476 valence electrons. The molecule has 0 aliphatic carbocycles. The summed E-state index contributed by atoms with van der Waals surface area (Å²) < 4.78 is 22.8. The van der Waals surface area contributed by atoms with Crippen LogP contribution in [0.5, 0.6) is 0 Å². The lowest BCUT2D eigenvalue weighted by atomic mass is 10.0. The van der Waals surface area contributed by atoms with Crippen molar-refractivity contribution in [3.8, 4) is 0 Å². The Kier molecular flexibility index (Phi) is 60.8. The van der Waals surface area contributed by atoms with Gasteiger partial charge in [0.2, 0.25) is 0 Å². The molecule has 0 spiro atoms. The third kappa shape index (κ3) is 65.3. The molecule has 0 aromatic heterocycles. The number of carbonyl (C=O) groups excluding carboxylic acids is 3. The van der Waals surface area contributed by atoms with Crippen molar-refractivity contribution in [2.24, 2.45) is 0 Å². The van der Waals surface area contributed by atoms with E-state index in [0.717, 1.165) is 103 Å². The maximum absolute atomic E-state index is 12.9. The van der Waals surface area contributed by atoms with Crippen LogP contribution in [0, 0.1) is 0 Å². The van der Waals surface area contributed by atoms with E-state index >= 15 is 0 Å². The molecule has 0 saturated heterocycles. The number of likely N-dealkylation sites (N-methyl/N-ethyl adjacent to an activating group) is 1. The number of allylic oxidation sites excluding steroid dienone is 18. The van der Waals surface area contributed by atoms with E-state index in [0.29, 0.717) is 23.9 Å². The van der Waals surface area contributed by atoms with Crippen molar-refractivity contribution in [3.05, 3.63) is 109 Å². The van der Waals surface area contributed by atoms with Gasteiger partial charge >= 0.3 is 11.9 Å². The summed E-state index contributed by atoms with van der Waals surface area (Å²) in [7, 11) is 5.93. The first-order valence-electron chi connectivity index (χ1n) is 34.0. The number of hydrogen-bond acceptors (Lipinski definition) is 8. The van der Waals surface area contributed by atoms with Crippen LogP contribution in [-0.4, -0.2) is 82.3 Å². The molecular weight excluding hydrogens is 1030 g/mol. The number of carbonyl (C=O) groups is 3. The maximum atomic E-state index is 12.9. The zero-order valence-electron chi connectivity index (χ0n) is 54.3. The molecule has 9 nitrogen and oxygen atoms in total. The fraction of sp³-hybridized carbons (Fsp3) is 0.716. The highest BCUT2D eigenvalue weighted by Crippen LogP contribution is 2.17. The number of quaternary nitrogens is 1. The molecule has 0 aromatic carbocycles. The van der Waals surface area contributed by atoms with E-state index in [2.05, 4.69) is 123 Å². The van der Waals surface area contributed by atoms with E-state index in [4.69, 9.17) is 18.9 Å². The van der Waals surface area contributed by atoms with E-state index < -0.39 is 24.3 Å².